The number of rotatable bonds is 8. The van der Waals surface area contributed by atoms with Crippen molar-refractivity contribution in [1.29, 1.82) is 0 Å². The molecule has 0 bridgehead atoms. The minimum Gasteiger partial charge on any atom is -0.459 e. The van der Waals surface area contributed by atoms with Crippen molar-refractivity contribution in [3.63, 3.8) is 0 Å². The lowest BCUT2D eigenvalue weighted by Gasteiger charge is -2.35. The van der Waals surface area contributed by atoms with Gasteiger partial charge in [-0.15, -0.1) is 0 Å². The molecule has 3 N–H and O–H groups in total. The van der Waals surface area contributed by atoms with E-state index in [1.54, 1.807) is 37.8 Å². The molecule has 0 radical (unpaired) electrons. The molecule has 1 saturated carbocycles. The van der Waals surface area contributed by atoms with Gasteiger partial charge in [-0.1, -0.05) is 44.7 Å². The van der Waals surface area contributed by atoms with Gasteiger partial charge >= 0.3 is 18.0 Å². The fourth-order valence-electron chi connectivity index (χ4n) is 4.55. The second-order valence-electron chi connectivity index (χ2n) is 9.40. The average Bonchev–Trinajstić information content (AvgIpc) is 2.78. The molecule has 1 aromatic rings. The minimum absolute atomic E-state index is 0.201. The molecule has 1 unspecified atom stereocenters. The smallest absolute Gasteiger partial charge is 0.338 e. The quantitative estimate of drug-likeness (QED) is 0.453. The minimum atomic E-state index is -0.667. The van der Waals surface area contributed by atoms with Crippen LogP contribution in [-0.4, -0.2) is 41.6 Å². The van der Waals surface area contributed by atoms with Crippen molar-refractivity contribution in [2.45, 2.75) is 90.8 Å². The molecule has 1 heterocycles. The SMILES string of the molecule is CCCCN1C(=O)NC(c2cccc(NC(=O)NC3CCCCC3)c2)C(C(=O)OC(C)C)=C1C. The number of esters is 1. The van der Waals surface area contributed by atoms with Gasteiger partial charge in [-0.3, -0.25) is 4.90 Å². The Kier molecular flexibility index (Phi) is 8.96. The molecule has 1 fully saturated rings. The van der Waals surface area contributed by atoms with E-state index in [1.165, 1.54) is 6.42 Å². The van der Waals surface area contributed by atoms with Crippen molar-refractivity contribution < 1.29 is 19.1 Å². The van der Waals surface area contributed by atoms with Gasteiger partial charge in [0.2, 0.25) is 0 Å². The Morgan fingerprint density at radius 1 is 1.21 bits per heavy atom. The Bertz CT molecular complexity index is 921. The van der Waals surface area contributed by atoms with E-state index < -0.39 is 12.0 Å². The van der Waals surface area contributed by atoms with Crippen molar-refractivity contribution in [2.75, 3.05) is 11.9 Å². The molecule has 2 aliphatic rings. The second kappa shape index (κ2) is 11.9. The molecule has 34 heavy (non-hydrogen) atoms. The lowest BCUT2D eigenvalue weighted by atomic mass is 9.94. The van der Waals surface area contributed by atoms with Crippen LogP contribution in [0.2, 0.25) is 0 Å². The molecule has 1 aliphatic heterocycles. The van der Waals surface area contributed by atoms with Crippen LogP contribution in [0.5, 0.6) is 0 Å². The summed E-state index contributed by atoms with van der Waals surface area (Å²) in [6.45, 7) is 7.98. The number of ether oxygens (including phenoxy) is 1. The van der Waals surface area contributed by atoms with Crippen LogP contribution in [0.4, 0.5) is 15.3 Å². The van der Waals surface area contributed by atoms with Crippen LogP contribution in [0.25, 0.3) is 0 Å². The van der Waals surface area contributed by atoms with Crippen LogP contribution >= 0.6 is 0 Å². The topological polar surface area (TPSA) is 99.8 Å². The first-order valence-electron chi connectivity index (χ1n) is 12.5. The predicted molar refractivity (Wildman–Crippen MR) is 132 cm³/mol. The third-order valence-electron chi connectivity index (χ3n) is 6.31. The number of nitrogens with one attached hydrogen (secondary N) is 3. The van der Waals surface area contributed by atoms with Gasteiger partial charge in [0.1, 0.15) is 0 Å². The Labute approximate surface area is 202 Å². The molecule has 1 aromatic carbocycles. The fraction of sp³-hybridized carbons (Fsp3) is 0.577. The second-order valence-corrected chi connectivity index (χ2v) is 9.40. The van der Waals surface area contributed by atoms with Gasteiger partial charge in [0.05, 0.1) is 17.7 Å². The van der Waals surface area contributed by atoms with Crippen molar-refractivity contribution >= 4 is 23.7 Å². The summed E-state index contributed by atoms with van der Waals surface area (Å²) in [5.41, 5.74) is 2.31. The number of carbonyl (C=O) groups is 3. The standard InChI is InChI=1S/C26H38N4O4/c1-5-6-15-30-18(4)22(24(31)34-17(2)3)23(29-26(30)33)19-11-10-14-21(16-19)28-25(32)27-20-12-8-7-9-13-20/h10-11,14,16-17,20,23H,5-9,12-13,15H2,1-4H3,(H,29,33)(H2,27,28,32). The number of urea groups is 2. The number of hydrogen-bond acceptors (Lipinski definition) is 4. The van der Waals surface area contributed by atoms with Crippen LogP contribution in [0, 0.1) is 0 Å². The van der Waals surface area contributed by atoms with Crippen LogP contribution in [0.1, 0.15) is 84.2 Å². The Morgan fingerprint density at radius 2 is 1.94 bits per heavy atom. The monoisotopic (exact) mass is 470 g/mol. The molecule has 8 heteroatoms. The highest BCUT2D eigenvalue weighted by molar-refractivity contribution is 5.95. The number of amides is 4. The van der Waals surface area contributed by atoms with Gasteiger partial charge in [-0.05, 0) is 57.7 Å². The Morgan fingerprint density at radius 3 is 2.62 bits per heavy atom. The number of benzene rings is 1. The zero-order valence-corrected chi connectivity index (χ0v) is 20.8. The summed E-state index contributed by atoms with van der Waals surface area (Å²) in [5, 5.41) is 8.92. The van der Waals surface area contributed by atoms with Gasteiger partial charge < -0.3 is 20.7 Å². The van der Waals surface area contributed by atoms with Gasteiger partial charge in [-0.2, -0.15) is 0 Å². The summed E-state index contributed by atoms with van der Waals surface area (Å²) in [6, 6.07) is 6.29. The van der Waals surface area contributed by atoms with Crippen molar-refractivity contribution in [3.8, 4) is 0 Å². The highest BCUT2D eigenvalue weighted by Crippen LogP contribution is 2.33. The lowest BCUT2D eigenvalue weighted by Crippen LogP contribution is -2.48. The van der Waals surface area contributed by atoms with Gasteiger partial charge in [0.15, 0.2) is 0 Å². The van der Waals surface area contributed by atoms with Gasteiger partial charge in [0.25, 0.3) is 0 Å². The normalized spacial score (nSPS) is 19.1. The molecular formula is C26H38N4O4. The van der Waals surface area contributed by atoms with Crippen molar-refractivity contribution in [3.05, 3.63) is 41.1 Å². The van der Waals surface area contributed by atoms with E-state index in [2.05, 4.69) is 22.9 Å². The summed E-state index contributed by atoms with van der Waals surface area (Å²) in [5.74, 6) is -0.451. The highest BCUT2D eigenvalue weighted by atomic mass is 16.5. The molecule has 186 valence electrons. The van der Waals surface area contributed by atoms with Gasteiger partial charge in [-0.25, -0.2) is 14.4 Å². The van der Waals surface area contributed by atoms with E-state index in [0.29, 0.717) is 29.1 Å². The summed E-state index contributed by atoms with van der Waals surface area (Å²) >= 11 is 0. The van der Waals surface area contributed by atoms with Gasteiger partial charge in [0, 0.05) is 24.0 Å². The zero-order chi connectivity index (χ0) is 24.7. The first-order valence-corrected chi connectivity index (χ1v) is 12.5. The molecule has 0 spiro atoms. The molecule has 4 amide bonds. The van der Waals surface area contributed by atoms with Crippen LogP contribution in [-0.2, 0) is 9.53 Å². The summed E-state index contributed by atoms with van der Waals surface area (Å²) in [7, 11) is 0. The molecule has 1 aliphatic carbocycles. The number of unbranched alkanes of at least 4 members (excludes halogenated alkanes) is 1. The summed E-state index contributed by atoms with van der Waals surface area (Å²) in [4.78, 5) is 40.1. The highest BCUT2D eigenvalue weighted by Gasteiger charge is 2.36. The number of anilines is 1. The van der Waals surface area contributed by atoms with E-state index in [-0.39, 0.29) is 24.2 Å². The van der Waals surface area contributed by atoms with E-state index in [0.717, 1.165) is 38.5 Å². The number of allylic oxidation sites excluding steroid dienone is 1. The number of hydrogen-bond donors (Lipinski definition) is 3. The van der Waals surface area contributed by atoms with Crippen LogP contribution in [0.15, 0.2) is 35.5 Å². The molecule has 0 saturated heterocycles. The molecule has 8 nitrogen and oxygen atoms in total. The largest absolute Gasteiger partial charge is 0.459 e. The maximum Gasteiger partial charge on any atom is 0.338 e. The first-order chi connectivity index (χ1) is 16.3. The average molecular weight is 471 g/mol. The van der Waals surface area contributed by atoms with E-state index in [4.69, 9.17) is 4.74 Å². The predicted octanol–water partition coefficient (Wildman–Crippen LogP) is 5.23. The van der Waals surface area contributed by atoms with E-state index >= 15 is 0 Å². The Balaban J connectivity index is 1.84. The molecular weight excluding hydrogens is 432 g/mol. The third kappa shape index (κ3) is 6.52. The maximum absolute atomic E-state index is 13.1. The summed E-state index contributed by atoms with van der Waals surface area (Å²) < 4.78 is 5.52. The Hall–Kier alpha value is -3.03. The fourth-order valence-corrected chi connectivity index (χ4v) is 4.55. The molecule has 1 atom stereocenters. The molecule has 0 aromatic heterocycles. The lowest BCUT2D eigenvalue weighted by molar-refractivity contribution is -0.143. The molecule has 3 rings (SSSR count). The number of carbonyl (C=O) groups excluding carboxylic acids is 3. The van der Waals surface area contributed by atoms with E-state index in [1.807, 2.05) is 12.1 Å². The summed E-state index contributed by atoms with van der Waals surface area (Å²) in [6.07, 6.45) is 6.98. The zero-order valence-electron chi connectivity index (χ0n) is 20.8. The van der Waals surface area contributed by atoms with Crippen LogP contribution in [0.3, 0.4) is 0 Å². The van der Waals surface area contributed by atoms with Crippen molar-refractivity contribution in [2.24, 2.45) is 0 Å². The van der Waals surface area contributed by atoms with Crippen molar-refractivity contribution in [1.82, 2.24) is 15.5 Å². The third-order valence-corrected chi connectivity index (χ3v) is 6.31. The number of nitrogens with zero attached hydrogens (tertiary/aromatic N) is 1. The van der Waals surface area contributed by atoms with E-state index in [9.17, 15) is 14.4 Å². The van der Waals surface area contributed by atoms with Crippen LogP contribution < -0.4 is 16.0 Å². The maximum atomic E-state index is 13.1. The first kappa shape index (κ1) is 25.6.